The van der Waals surface area contributed by atoms with Crippen LogP contribution in [-0.4, -0.2) is 45.4 Å². The van der Waals surface area contributed by atoms with Gasteiger partial charge >= 0.3 is 0 Å². The lowest BCUT2D eigenvalue weighted by Crippen LogP contribution is -2.37. The van der Waals surface area contributed by atoms with E-state index in [0.717, 1.165) is 16.9 Å². The number of likely N-dealkylation sites (N-methyl/N-ethyl adjacent to an activating group) is 1. The van der Waals surface area contributed by atoms with Crippen LogP contribution in [0.3, 0.4) is 0 Å². The van der Waals surface area contributed by atoms with Gasteiger partial charge in [-0.05, 0) is 32.0 Å². The van der Waals surface area contributed by atoms with Gasteiger partial charge in [0.25, 0.3) is 0 Å². The molecule has 0 atom stereocenters. The average Bonchev–Trinajstić information content (AvgIpc) is 3.35. The van der Waals surface area contributed by atoms with Crippen molar-refractivity contribution in [3.05, 3.63) is 54.0 Å². The number of hydrogen-bond acceptors (Lipinski definition) is 6. The smallest absolute Gasteiger partial charge is 0.239 e. The van der Waals surface area contributed by atoms with Crippen LogP contribution in [0.25, 0.3) is 11.4 Å². The molecule has 0 spiro atoms. The average molecular weight is 414 g/mol. The summed E-state index contributed by atoms with van der Waals surface area (Å²) in [5.41, 5.74) is 2.06. The van der Waals surface area contributed by atoms with Crippen molar-refractivity contribution in [1.82, 2.24) is 25.4 Å². The van der Waals surface area contributed by atoms with E-state index < -0.39 is 0 Å². The number of benzene rings is 1. The summed E-state index contributed by atoms with van der Waals surface area (Å²) >= 11 is 1.27. The number of hydrogen-bond donors (Lipinski definition) is 2. The highest BCUT2D eigenvalue weighted by Crippen LogP contribution is 2.25. The van der Waals surface area contributed by atoms with E-state index >= 15 is 0 Å². The number of rotatable bonds is 9. The number of carbonyl (C=O) groups excluding carboxylic acids is 2. The molecule has 0 saturated carbocycles. The molecule has 2 aromatic heterocycles. The maximum absolute atomic E-state index is 12.1. The van der Waals surface area contributed by atoms with Gasteiger partial charge in [-0.25, -0.2) is 0 Å². The van der Waals surface area contributed by atoms with E-state index in [2.05, 4.69) is 20.8 Å². The SMILES string of the molecule is CCNC(=O)CNC(=O)CSc1nnc(-c2cccc(C)c2)n1Cc1ccco1. The fourth-order valence-corrected chi connectivity index (χ4v) is 3.48. The topological polar surface area (TPSA) is 102 Å². The molecule has 3 aromatic rings. The third kappa shape index (κ3) is 5.71. The third-order valence-corrected chi connectivity index (χ3v) is 5.01. The number of furan rings is 1. The van der Waals surface area contributed by atoms with Crippen molar-refractivity contribution < 1.29 is 14.0 Å². The minimum absolute atomic E-state index is 0.0408. The largest absolute Gasteiger partial charge is 0.467 e. The maximum Gasteiger partial charge on any atom is 0.239 e. The predicted octanol–water partition coefficient (Wildman–Crippen LogP) is 2.24. The summed E-state index contributed by atoms with van der Waals surface area (Å²) in [5.74, 6) is 1.14. The quantitative estimate of drug-likeness (QED) is 0.522. The van der Waals surface area contributed by atoms with Gasteiger partial charge in [-0.3, -0.25) is 14.2 Å². The molecule has 0 bridgehead atoms. The van der Waals surface area contributed by atoms with E-state index in [0.29, 0.717) is 24.1 Å². The van der Waals surface area contributed by atoms with Crippen molar-refractivity contribution in [2.45, 2.75) is 25.5 Å². The van der Waals surface area contributed by atoms with Gasteiger partial charge in [0.15, 0.2) is 11.0 Å². The molecular formula is C20H23N5O3S. The summed E-state index contributed by atoms with van der Waals surface area (Å²) in [6.07, 6.45) is 1.62. The first-order valence-electron chi connectivity index (χ1n) is 9.25. The monoisotopic (exact) mass is 413 g/mol. The fraction of sp³-hybridized carbons (Fsp3) is 0.300. The summed E-state index contributed by atoms with van der Waals surface area (Å²) in [7, 11) is 0. The van der Waals surface area contributed by atoms with Crippen LogP contribution in [0, 0.1) is 6.92 Å². The minimum atomic E-state index is -0.245. The van der Waals surface area contributed by atoms with Crippen LogP contribution >= 0.6 is 11.8 Å². The summed E-state index contributed by atoms with van der Waals surface area (Å²) in [4.78, 5) is 23.6. The highest BCUT2D eigenvalue weighted by atomic mass is 32.2. The molecule has 9 heteroatoms. The Morgan fingerprint density at radius 2 is 2.00 bits per heavy atom. The predicted molar refractivity (Wildman–Crippen MR) is 110 cm³/mol. The molecule has 0 aliphatic rings. The molecule has 0 aliphatic heterocycles. The molecule has 29 heavy (non-hydrogen) atoms. The van der Waals surface area contributed by atoms with Crippen LogP contribution in [0.1, 0.15) is 18.2 Å². The Balaban J connectivity index is 1.74. The second kappa shape index (κ2) is 9.92. The molecule has 0 radical (unpaired) electrons. The lowest BCUT2D eigenvalue weighted by molar-refractivity contribution is -0.124. The van der Waals surface area contributed by atoms with Crippen molar-refractivity contribution >= 4 is 23.6 Å². The zero-order valence-corrected chi connectivity index (χ0v) is 17.2. The molecule has 8 nitrogen and oxygen atoms in total. The lowest BCUT2D eigenvalue weighted by atomic mass is 10.1. The molecule has 2 amide bonds. The van der Waals surface area contributed by atoms with E-state index in [-0.39, 0.29) is 24.1 Å². The number of nitrogens with zero attached hydrogens (tertiary/aromatic N) is 3. The summed E-state index contributed by atoms with van der Waals surface area (Å²) < 4.78 is 7.41. The van der Waals surface area contributed by atoms with Gasteiger partial charge < -0.3 is 15.1 Å². The van der Waals surface area contributed by atoms with Crippen LogP contribution in [-0.2, 0) is 16.1 Å². The Labute approximate surface area is 173 Å². The number of carbonyl (C=O) groups is 2. The van der Waals surface area contributed by atoms with Gasteiger partial charge in [-0.1, -0.05) is 35.5 Å². The van der Waals surface area contributed by atoms with Crippen molar-refractivity contribution in [2.24, 2.45) is 0 Å². The van der Waals surface area contributed by atoms with Crippen LogP contribution in [0.5, 0.6) is 0 Å². The number of nitrogens with one attached hydrogen (secondary N) is 2. The second-order valence-electron chi connectivity index (χ2n) is 6.36. The van der Waals surface area contributed by atoms with E-state index in [9.17, 15) is 9.59 Å². The van der Waals surface area contributed by atoms with Gasteiger partial charge in [0.2, 0.25) is 11.8 Å². The molecule has 2 N–H and O–H groups in total. The maximum atomic E-state index is 12.1. The van der Waals surface area contributed by atoms with E-state index in [1.54, 1.807) is 6.26 Å². The van der Waals surface area contributed by atoms with Crippen LogP contribution in [0.4, 0.5) is 0 Å². The van der Waals surface area contributed by atoms with Crippen molar-refractivity contribution in [3.8, 4) is 11.4 Å². The van der Waals surface area contributed by atoms with Gasteiger partial charge in [0.05, 0.1) is 25.1 Å². The molecule has 0 unspecified atom stereocenters. The highest BCUT2D eigenvalue weighted by molar-refractivity contribution is 7.99. The lowest BCUT2D eigenvalue weighted by Gasteiger charge is -2.09. The van der Waals surface area contributed by atoms with Gasteiger partial charge in [0, 0.05) is 12.1 Å². The van der Waals surface area contributed by atoms with Gasteiger partial charge in [-0.2, -0.15) is 0 Å². The molecule has 2 heterocycles. The summed E-state index contributed by atoms with van der Waals surface area (Å²) in [5, 5.41) is 14.5. The van der Waals surface area contributed by atoms with Crippen LogP contribution in [0.15, 0.2) is 52.2 Å². The second-order valence-corrected chi connectivity index (χ2v) is 7.30. The third-order valence-electron chi connectivity index (χ3n) is 4.04. The van der Waals surface area contributed by atoms with Crippen molar-refractivity contribution in [1.29, 1.82) is 0 Å². The molecule has 1 aromatic carbocycles. The summed E-state index contributed by atoms with van der Waals surface area (Å²) in [6, 6.07) is 11.7. The van der Waals surface area contributed by atoms with E-state index in [1.807, 2.05) is 54.8 Å². The summed E-state index contributed by atoms with van der Waals surface area (Å²) in [6.45, 7) is 4.78. The number of thioether (sulfide) groups is 1. The van der Waals surface area contributed by atoms with Crippen LogP contribution < -0.4 is 10.6 Å². The first kappa shape index (κ1) is 20.7. The molecule has 152 valence electrons. The zero-order valence-electron chi connectivity index (χ0n) is 16.3. The normalized spacial score (nSPS) is 10.7. The van der Waals surface area contributed by atoms with E-state index in [4.69, 9.17) is 4.42 Å². The number of amides is 2. The Morgan fingerprint density at radius 1 is 1.14 bits per heavy atom. The molecule has 0 fully saturated rings. The standard InChI is InChI=1S/C20H23N5O3S/c1-3-21-17(26)11-22-18(27)13-29-20-24-23-19(15-7-4-6-14(2)10-15)25(20)12-16-8-5-9-28-16/h4-10H,3,11-13H2,1-2H3,(H,21,26)(H,22,27). The highest BCUT2D eigenvalue weighted by Gasteiger charge is 2.17. The minimum Gasteiger partial charge on any atom is -0.467 e. The van der Waals surface area contributed by atoms with Crippen molar-refractivity contribution in [2.75, 3.05) is 18.8 Å². The van der Waals surface area contributed by atoms with Gasteiger partial charge in [-0.15, -0.1) is 10.2 Å². The Morgan fingerprint density at radius 3 is 2.72 bits per heavy atom. The fourth-order valence-electron chi connectivity index (χ4n) is 2.71. The molecule has 3 rings (SSSR count). The zero-order chi connectivity index (χ0) is 20.6. The number of aryl methyl sites for hydroxylation is 1. The molecule has 0 aliphatic carbocycles. The Hall–Kier alpha value is -3.07. The Bertz CT molecular complexity index is 968. The van der Waals surface area contributed by atoms with Crippen molar-refractivity contribution in [3.63, 3.8) is 0 Å². The first-order chi connectivity index (χ1) is 14.1. The van der Waals surface area contributed by atoms with Crippen LogP contribution in [0.2, 0.25) is 0 Å². The first-order valence-corrected chi connectivity index (χ1v) is 10.2. The number of aromatic nitrogens is 3. The van der Waals surface area contributed by atoms with Gasteiger partial charge in [0.1, 0.15) is 5.76 Å². The molecule has 0 saturated heterocycles. The Kier molecular flexibility index (Phi) is 7.07. The van der Waals surface area contributed by atoms with E-state index in [1.165, 1.54) is 11.8 Å². The molecular weight excluding hydrogens is 390 g/mol.